The molecule has 0 amide bonds. The molecule has 2 bridgehead atoms. The fraction of sp³-hybridized carbons (Fsp3) is 0.478. The number of fused-ring (bicyclic) bond motifs is 8. The third-order valence-electron chi connectivity index (χ3n) is 7.24. The molecular weight excluding hydrogens is 312 g/mol. The first kappa shape index (κ1) is 15.0. The van der Waals surface area contributed by atoms with E-state index in [0.717, 1.165) is 22.8 Å². The normalized spacial score (nSPS) is 36.5. The van der Waals surface area contributed by atoms with Crippen LogP contribution in [0.5, 0.6) is 0 Å². The molecule has 0 N–H and O–H groups in total. The molecule has 3 aliphatic carbocycles. The van der Waals surface area contributed by atoms with Gasteiger partial charge in [0.25, 0.3) is 0 Å². The molecule has 0 aliphatic heterocycles. The van der Waals surface area contributed by atoms with Crippen molar-refractivity contribution in [1.29, 1.82) is 0 Å². The second kappa shape index (κ2) is 5.11. The van der Waals surface area contributed by atoms with Crippen molar-refractivity contribution < 1.29 is 0 Å². The molecule has 0 nitrogen and oxygen atoms in total. The molecule has 2 fully saturated rings. The van der Waals surface area contributed by atoms with E-state index in [-0.39, 0.29) is 5.41 Å². The lowest BCUT2D eigenvalue weighted by Crippen LogP contribution is -2.49. The van der Waals surface area contributed by atoms with E-state index >= 15 is 0 Å². The van der Waals surface area contributed by atoms with Crippen LogP contribution in [0.4, 0.5) is 0 Å². The van der Waals surface area contributed by atoms with E-state index in [1.54, 1.807) is 11.1 Å². The molecule has 0 saturated heterocycles. The SMILES string of the molecule is CC1CC2CC(C)C3(c4ccccc4-c4cc(Cl)ccc43)C(C1)C2. The minimum absolute atomic E-state index is 0.210. The first-order chi connectivity index (χ1) is 11.6. The fourth-order valence-electron chi connectivity index (χ4n) is 6.69. The van der Waals surface area contributed by atoms with Crippen LogP contribution in [0.3, 0.4) is 0 Å². The summed E-state index contributed by atoms with van der Waals surface area (Å²) >= 11 is 6.38. The summed E-state index contributed by atoms with van der Waals surface area (Å²) in [6.45, 7) is 4.97. The average Bonchev–Trinajstić information content (AvgIpc) is 2.84. The number of halogens is 1. The van der Waals surface area contributed by atoms with Gasteiger partial charge in [0, 0.05) is 10.4 Å². The Bertz CT molecular complexity index is 803. The van der Waals surface area contributed by atoms with E-state index in [9.17, 15) is 0 Å². The number of hydrogen-bond acceptors (Lipinski definition) is 0. The smallest absolute Gasteiger partial charge is 0.0412 e. The second-order valence-corrected chi connectivity index (χ2v) is 9.05. The van der Waals surface area contributed by atoms with Gasteiger partial charge in [0.05, 0.1) is 0 Å². The Balaban J connectivity index is 1.81. The molecule has 5 atom stereocenters. The van der Waals surface area contributed by atoms with Crippen molar-refractivity contribution in [3.05, 3.63) is 58.6 Å². The van der Waals surface area contributed by atoms with Crippen LogP contribution in [0.1, 0.15) is 50.7 Å². The predicted octanol–water partition coefficient (Wildman–Crippen LogP) is 6.70. The summed E-state index contributed by atoms with van der Waals surface area (Å²) < 4.78 is 0. The highest BCUT2D eigenvalue weighted by atomic mass is 35.5. The molecule has 0 radical (unpaired) electrons. The molecule has 2 aromatic rings. The Morgan fingerprint density at radius 3 is 2.54 bits per heavy atom. The van der Waals surface area contributed by atoms with E-state index in [0.29, 0.717) is 5.92 Å². The lowest BCUT2D eigenvalue weighted by Gasteiger charge is -2.54. The third-order valence-corrected chi connectivity index (χ3v) is 7.47. The molecule has 2 aromatic carbocycles. The van der Waals surface area contributed by atoms with E-state index in [1.807, 2.05) is 0 Å². The van der Waals surface area contributed by atoms with Crippen LogP contribution in [0.15, 0.2) is 42.5 Å². The van der Waals surface area contributed by atoms with Crippen molar-refractivity contribution in [3.63, 3.8) is 0 Å². The maximum atomic E-state index is 6.38. The molecule has 0 aromatic heterocycles. The minimum Gasteiger partial charge on any atom is -0.0843 e. The van der Waals surface area contributed by atoms with Crippen molar-refractivity contribution in [2.45, 2.75) is 44.9 Å². The summed E-state index contributed by atoms with van der Waals surface area (Å²) in [5, 5.41) is 0.860. The second-order valence-electron chi connectivity index (χ2n) is 8.62. The summed E-state index contributed by atoms with van der Waals surface area (Å²) in [4.78, 5) is 0. The summed E-state index contributed by atoms with van der Waals surface area (Å²) in [5.74, 6) is 3.28. The Morgan fingerprint density at radius 2 is 1.67 bits per heavy atom. The zero-order chi connectivity index (χ0) is 16.5. The van der Waals surface area contributed by atoms with Crippen LogP contribution in [-0.2, 0) is 5.41 Å². The van der Waals surface area contributed by atoms with Crippen molar-refractivity contribution in [1.82, 2.24) is 0 Å². The van der Waals surface area contributed by atoms with Crippen LogP contribution in [0.2, 0.25) is 5.02 Å². The summed E-state index contributed by atoms with van der Waals surface area (Å²) in [6.07, 6.45) is 5.59. The maximum absolute atomic E-state index is 6.38. The molecule has 5 unspecified atom stereocenters. The fourth-order valence-corrected chi connectivity index (χ4v) is 6.86. The van der Waals surface area contributed by atoms with Crippen LogP contribution < -0.4 is 0 Å². The predicted molar refractivity (Wildman–Crippen MR) is 101 cm³/mol. The Kier molecular flexibility index (Phi) is 3.20. The van der Waals surface area contributed by atoms with Gasteiger partial charge in [0.2, 0.25) is 0 Å². The minimum atomic E-state index is 0.210. The molecule has 24 heavy (non-hydrogen) atoms. The zero-order valence-corrected chi connectivity index (χ0v) is 15.3. The first-order valence-electron chi connectivity index (χ1n) is 9.50. The van der Waals surface area contributed by atoms with Gasteiger partial charge in [0.1, 0.15) is 0 Å². The van der Waals surface area contributed by atoms with Gasteiger partial charge in [0.15, 0.2) is 0 Å². The van der Waals surface area contributed by atoms with Gasteiger partial charge in [-0.1, -0.05) is 55.8 Å². The molecule has 0 heterocycles. The number of benzene rings is 2. The quantitative estimate of drug-likeness (QED) is 0.502. The van der Waals surface area contributed by atoms with Crippen LogP contribution in [0, 0.1) is 23.7 Å². The highest BCUT2D eigenvalue weighted by molar-refractivity contribution is 6.31. The van der Waals surface area contributed by atoms with Gasteiger partial charge in [-0.05, 0) is 83.7 Å². The van der Waals surface area contributed by atoms with Crippen molar-refractivity contribution in [3.8, 4) is 11.1 Å². The van der Waals surface area contributed by atoms with Crippen molar-refractivity contribution in [2.75, 3.05) is 0 Å². The largest absolute Gasteiger partial charge is 0.0843 e. The summed E-state index contributed by atoms with van der Waals surface area (Å²) in [6, 6.07) is 15.8. The molecule has 2 saturated carbocycles. The van der Waals surface area contributed by atoms with Crippen LogP contribution in [0.25, 0.3) is 11.1 Å². The lowest BCUT2D eigenvalue weighted by molar-refractivity contribution is 0.0426. The van der Waals surface area contributed by atoms with Gasteiger partial charge >= 0.3 is 0 Å². The molecule has 124 valence electrons. The Labute approximate surface area is 150 Å². The average molecular weight is 337 g/mol. The maximum Gasteiger partial charge on any atom is 0.0412 e. The Hall–Kier alpha value is -1.27. The van der Waals surface area contributed by atoms with E-state index in [4.69, 9.17) is 11.6 Å². The zero-order valence-electron chi connectivity index (χ0n) is 14.6. The molecular formula is C23H25Cl. The van der Waals surface area contributed by atoms with Crippen LogP contribution >= 0.6 is 11.6 Å². The lowest BCUT2D eigenvalue weighted by atomic mass is 9.49. The van der Waals surface area contributed by atoms with Crippen LogP contribution in [-0.4, -0.2) is 0 Å². The standard InChI is InChI=1S/C23H25Cl/c1-14-9-16-11-15(2)23(17(10-14)12-16)21-6-4-3-5-19(21)20-13-18(24)7-8-22(20)23/h3-8,13-17H,9-12H2,1-2H3. The monoisotopic (exact) mass is 336 g/mol. The van der Waals surface area contributed by atoms with Crippen molar-refractivity contribution in [2.24, 2.45) is 23.7 Å². The first-order valence-corrected chi connectivity index (χ1v) is 9.88. The Morgan fingerprint density at radius 1 is 0.875 bits per heavy atom. The van der Waals surface area contributed by atoms with Gasteiger partial charge in [-0.3, -0.25) is 0 Å². The van der Waals surface area contributed by atoms with E-state index < -0.39 is 0 Å². The topological polar surface area (TPSA) is 0 Å². The third kappa shape index (κ3) is 1.81. The van der Waals surface area contributed by atoms with Gasteiger partial charge in [-0.15, -0.1) is 0 Å². The highest BCUT2D eigenvalue weighted by Gasteiger charge is 2.56. The molecule has 3 aliphatic rings. The van der Waals surface area contributed by atoms with E-state index in [1.165, 1.54) is 36.8 Å². The summed E-state index contributed by atoms with van der Waals surface area (Å²) in [7, 11) is 0. The van der Waals surface area contributed by atoms with E-state index in [2.05, 4.69) is 56.3 Å². The number of hydrogen-bond donors (Lipinski definition) is 0. The van der Waals surface area contributed by atoms with Gasteiger partial charge in [-0.2, -0.15) is 0 Å². The van der Waals surface area contributed by atoms with Crippen molar-refractivity contribution >= 4 is 11.6 Å². The summed E-state index contributed by atoms with van der Waals surface area (Å²) in [5.41, 5.74) is 6.16. The molecule has 1 heteroatoms. The van der Waals surface area contributed by atoms with Gasteiger partial charge in [-0.25, -0.2) is 0 Å². The number of rotatable bonds is 0. The van der Waals surface area contributed by atoms with Gasteiger partial charge < -0.3 is 0 Å². The molecule has 1 spiro atoms. The molecule has 5 rings (SSSR count). The highest BCUT2D eigenvalue weighted by Crippen LogP contribution is 2.64.